The van der Waals surface area contributed by atoms with Crippen molar-refractivity contribution in [3.8, 4) is 5.75 Å². The maximum absolute atomic E-state index is 12.1. The van der Waals surface area contributed by atoms with Crippen molar-refractivity contribution in [2.24, 2.45) is 11.5 Å². The molecular formula is C15H22N5O3+. The monoisotopic (exact) mass is 320 g/mol. The lowest BCUT2D eigenvalue weighted by Gasteiger charge is -2.29. The van der Waals surface area contributed by atoms with Crippen molar-refractivity contribution in [2.75, 3.05) is 6.54 Å². The molecule has 0 aromatic heterocycles. The molecule has 0 spiro atoms. The first-order valence-corrected chi connectivity index (χ1v) is 7.46. The number of phenols is 1. The Bertz CT molecular complexity index is 596. The molecule has 1 heterocycles. The van der Waals surface area contributed by atoms with Gasteiger partial charge in [-0.25, -0.2) is 0 Å². The summed E-state index contributed by atoms with van der Waals surface area (Å²) in [5, 5.41) is 14.7. The quantitative estimate of drug-likeness (QED) is 0.189. The van der Waals surface area contributed by atoms with Crippen molar-refractivity contribution < 1.29 is 19.7 Å². The van der Waals surface area contributed by atoms with Crippen molar-refractivity contribution in [2.45, 2.75) is 31.3 Å². The van der Waals surface area contributed by atoms with Gasteiger partial charge in [0.1, 0.15) is 17.8 Å². The zero-order chi connectivity index (χ0) is 16.8. The Morgan fingerprint density at radius 3 is 2.35 bits per heavy atom. The number of amides is 2. The summed E-state index contributed by atoms with van der Waals surface area (Å²) in [6.45, 7) is 0.541. The third-order valence-corrected chi connectivity index (χ3v) is 3.64. The molecule has 0 bridgehead atoms. The van der Waals surface area contributed by atoms with E-state index in [2.05, 4.69) is 15.6 Å². The van der Waals surface area contributed by atoms with Crippen LogP contribution in [0.2, 0.25) is 0 Å². The van der Waals surface area contributed by atoms with E-state index < -0.39 is 12.1 Å². The van der Waals surface area contributed by atoms with Gasteiger partial charge in [-0.2, -0.15) is 0 Å². The van der Waals surface area contributed by atoms with Crippen LogP contribution < -0.4 is 27.1 Å². The van der Waals surface area contributed by atoms with Crippen LogP contribution in [0.15, 0.2) is 24.3 Å². The van der Waals surface area contributed by atoms with Crippen LogP contribution >= 0.6 is 0 Å². The summed E-state index contributed by atoms with van der Waals surface area (Å²) < 4.78 is 0. The Balaban J connectivity index is 1.86. The highest BCUT2D eigenvalue weighted by Gasteiger charge is 2.33. The molecule has 2 atom stereocenters. The van der Waals surface area contributed by atoms with E-state index in [1.807, 2.05) is 0 Å². The normalized spacial score (nSPS) is 20.5. The van der Waals surface area contributed by atoms with Crippen molar-refractivity contribution in [3.05, 3.63) is 29.8 Å². The number of hydrogen-bond donors (Lipinski definition) is 6. The summed E-state index contributed by atoms with van der Waals surface area (Å²) in [4.78, 5) is 27.0. The van der Waals surface area contributed by atoms with Crippen LogP contribution in [0, 0.1) is 0 Å². The first-order chi connectivity index (χ1) is 11.0. The molecule has 1 saturated heterocycles. The van der Waals surface area contributed by atoms with E-state index in [1.165, 1.54) is 0 Å². The van der Waals surface area contributed by atoms with Crippen LogP contribution in [0.3, 0.4) is 0 Å². The zero-order valence-corrected chi connectivity index (χ0v) is 12.7. The van der Waals surface area contributed by atoms with Crippen molar-refractivity contribution in [3.63, 3.8) is 0 Å². The highest BCUT2D eigenvalue weighted by molar-refractivity contribution is 5.97. The van der Waals surface area contributed by atoms with Crippen LogP contribution in [0.5, 0.6) is 5.75 Å². The third-order valence-electron chi connectivity index (χ3n) is 3.64. The molecule has 0 aliphatic carbocycles. The molecule has 0 saturated carbocycles. The van der Waals surface area contributed by atoms with Gasteiger partial charge in [0.05, 0.1) is 6.54 Å². The first-order valence-electron chi connectivity index (χ1n) is 7.46. The second kappa shape index (κ2) is 7.48. The van der Waals surface area contributed by atoms with Crippen LogP contribution in [-0.4, -0.2) is 41.5 Å². The summed E-state index contributed by atoms with van der Waals surface area (Å²) >= 11 is 0. The van der Waals surface area contributed by atoms with Gasteiger partial charge in [0.25, 0.3) is 0 Å². The second-order valence-corrected chi connectivity index (χ2v) is 5.52. The molecule has 2 rings (SSSR count). The molecule has 0 radical (unpaired) electrons. The van der Waals surface area contributed by atoms with E-state index in [9.17, 15) is 14.7 Å². The number of piperazine rings is 1. The Labute approximate surface area is 134 Å². The van der Waals surface area contributed by atoms with E-state index in [0.29, 0.717) is 25.8 Å². The maximum atomic E-state index is 12.1. The van der Waals surface area contributed by atoms with E-state index in [4.69, 9.17) is 11.5 Å². The number of carbonyl (C=O) groups excluding carboxylic acids is 2. The van der Waals surface area contributed by atoms with Gasteiger partial charge in [-0.1, -0.05) is 12.1 Å². The van der Waals surface area contributed by atoms with E-state index in [0.717, 1.165) is 5.56 Å². The molecule has 1 fully saturated rings. The first kappa shape index (κ1) is 16.6. The molecule has 8 nitrogen and oxygen atoms in total. The Kier molecular flexibility index (Phi) is 5.40. The van der Waals surface area contributed by atoms with Crippen LogP contribution in [0.4, 0.5) is 0 Å². The second-order valence-electron chi connectivity index (χ2n) is 5.52. The fourth-order valence-corrected chi connectivity index (χ4v) is 2.43. The van der Waals surface area contributed by atoms with Crippen molar-refractivity contribution >= 4 is 17.8 Å². The average molecular weight is 320 g/mol. The molecule has 0 unspecified atom stereocenters. The Morgan fingerprint density at radius 1 is 1.09 bits per heavy atom. The SMILES string of the molecule is NC(N)=[NH+]CCC[C@@H]1NC(=O)[C@H](Cc2ccc(O)cc2)NC1=O. The summed E-state index contributed by atoms with van der Waals surface area (Å²) in [7, 11) is 0. The number of nitrogens with two attached hydrogens (primary N) is 2. The van der Waals surface area contributed by atoms with Gasteiger partial charge in [-0.05, 0) is 30.5 Å². The van der Waals surface area contributed by atoms with Gasteiger partial charge in [0, 0.05) is 6.42 Å². The fourth-order valence-electron chi connectivity index (χ4n) is 2.43. The summed E-state index contributed by atoms with van der Waals surface area (Å²) in [5.74, 6) is -0.107. The molecule has 1 aliphatic heterocycles. The molecule has 2 amide bonds. The summed E-state index contributed by atoms with van der Waals surface area (Å²) in [6.07, 6.45) is 1.54. The predicted octanol–water partition coefficient (Wildman–Crippen LogP) is -2.95. The minimum absolute atomic E-state index is 0.135. The molecule has 23 heavy (non-hydrogen) atoms. The zero-order valence-electron chi connectivity index (χ0n) is 12.7. The number of guanidine groups is 1. The predicted molar refractivity (Wildman–Crippen MR) is 84.1 cm³/mol. The number of benzene rings is 1. The highest BCUT2D eigenvalue weighted by atomic mass is 16.3. The minimum Gasteiger partial charge on any atom is -0.508 e. The molecule has 1 aromatic carbocycles. The number of rotatable bonds is 6. The van der Waals surface area contributed by atoms with Gasteiger partial charge in [0.2, 0.25) is 11.8 Å². The standard InChI is InChI=1S/C15H21N5O3/c16-15(17)18-7-1-2-11-13(22)20-12(14(23)19-11)8-9-3-5-10(21)6-4-9/h3-6,11-12,21H,1-2,7-8H2,(H,19,23)(H,20,22)(H4,16,17,18)/p+1/t11-,12-/m0/s1. The Hall–Kier alpha value is -2.77. The van der Waals surface area contributed by atoms with E-state index >= 15 is 0 Å². The smallest absolute Gasteiger partial charge is 0.338 e. The van der Waals surface area contributed by atoms with Crippen molar-refractivity contribution in [1.29, 1.82) is 0 Å². The highest BCUT2D eigenvalue weighted by Crippen LogP contribution is 2.13. The lowest BCUT2D eigenvalue weighted by Crippen LogP contribution is -2.78. The van der Waals surface area contributed by atoms with Crippen LogP contribution in [-0.2, 0) is 16.0 Å². The molecular weight excluding hydrogens is 298 g/mol. The molecule has 1 aliphatic rings. The molecule has 8 N–H and O–H groups in total. The molecule has 124 valence electrons. The average Bonchev–Trinajstić information content (AvgIpc) is 2.50. The lowest BCUT2D eigenvalue weighted by atomic mass is 10.00. The minimum atomic E-state index is -0.602. The fraction of sp³-hybridized carbons (Fsp3) is 0.400. The van der Waals surface area contributed by atoms with Gasteiger partial charge < -0.3 is 15.7 Å². The number of carbonyl (C=O) groups is 2. The topological polar surface area (TPSA) is 144 Å². The number of phenolic OH excluding ortho intramolecular Hbond substituents is 1. The molecule has 1 aromatic rings. The Morgan fingerprint density at radius 2 is 1.70 bits per heavy atom. The third kappa shape index (κ3) is 4.87. The number of aromatic hydroxyl groups is 1. The maximum Gasteiger partial charge on any atom is 0.338 e. The summed E-state index contributed by atoms with van der Waals surface area (Å²) in [6, 6.07) is 5.40. The number of hydrogen-bond acceptors (Lipinski definition) is 3. The lowest BCUT2D eigenvalue weighted by molar-refractivity contribution is -0.459. The van der Waals surface area contributed by atoms with E-state index in [-0.39, 0.29) is 23.5 Å². The van der Waals surface area contributed by atoms with Gasteiger partial charge in [-0.15, -0.1) is 0 Å². The van der Waals surface area contributed by atoms with Crippen LogP contribution in [0.1, 0.15) is 18.4 Å². The van der Waals surface area contributed by atoms with Gasteiger partial charge in [-0.3, -0.25) is 26.0 Å². The van der Waals surface area contributed by atoms with Crippen LogP contribution in [0.25, 0.3) is 0 Å². The number of nitrogens with one attached hydrogen (secondary N) is 3. The van der Waals surface area contributed by atoms with Crippen molar-refractivity contribution in [1.82, 2.24) is 10.6 Å². The van der Waals surface area contributed by atoms with Gasteiger partial charge in [0.15, 0.2) is 0 Å². The largest absolute Gasteiger partial charge is 0.508 e. The molecule has 8 heteroatoms. The van der Waals surface area contributed by atoms with Gasteiger partial charge >= 0.3 is 5.96 Å². The van der Waals surface area contributed by atoms with E-state index in [1.54, 1.807) is 24.3 Å². The summed E-state index contributed by atoms with van der Waals surface area (Å²) in [5.41, 5.74) is 11.4.